The normalized spacial score (nSPS) is 13.2. The van der Waals surface area contributed by atoms with E-state index in [0.29, 0.717) is 57.2 Å². The first kappa shape index (κ1) is 19.5. The van der Waals surface area contributed by atoms with Crippen LogP contribution in [0.25, 0.3) is 21.8 Å². The van der Waals surface area contributed by atoms with Gasteiger partial charge in [0, 0.05) is 29.3 Å². The lowest BCUT2D eigenvalue weighted by Gasteiger charge is -2.16. The van der Waals surface area contributed by atoms with Crippen LogP contribution < -0.4 is 20.2 Å². The first-order chi connectivity index (χ1) is 15.1. The van der Waals surface area contributed by atoms with Crippen LogP contribution in [-0.2, 0) is 11.3 Å². The van der Waals surface area contributed by atoms with E-state index >= 15 is 0 Å². The molecule has 0 spiro atoms. The summed E-state index contributed by atoms with van der Waals surface area (Å²) >= 11 is 6.37. The fraction of sp³-hybridized carbons (Fsp3) is 0.167. The minimum Gasteiger partial charge on any atom is -0.490 e. The largest absolute Gasteiger partial charge is 0.490 e. The zero-order valence-corrected chi connectivity index (χ0v) is 17.3. The molecular formula is C24H19ClN2O4. The number of aromatic nitrogens is 1. The molecule has 7 heteroatoms. The van der Waals surface area contributed by atoms with Crippen molar-refractivity contribution in [1.82, 2.24) is 4.57 Å². The molecule has 0 radical (unpaired) electrons. The number of carbonyl (C=O) groups excluding carboxylic acids is 1. The molecule has 0 saturated carbocycles. The molecule has 0 saturated heterocycles. The summed E-state index contributed by atoms with van der Waals surface area (Å²) in [7, 11) is 0. The van der Waals surface area contributed by atoms with Gasteiger partial charge in [-0.1, -0.05) is 35.9 Å². The van der Waals surface area contributed by atoms with E-state index in [0.717, 1.165) is 6.42 Å². The van der Waals surface area contributed by atoms with Crippen molar-refractivity contribution in [3.63, 3.8) is 0 Å². The van der Waals surface area contributed by atoms with Crippen LogP contribution in [0.4, 0.5) is 5.69 Å². The van der Waals surface area contributed by atoms with Gasteiger partial charge < -0.3 is 19.4 Å². The van der Waals surface area contributed by atoms with E-state index in [1.54, 1.807) is 24.3 Å². The smallest absolute Gasteiger partial charge is 0.244 e. The van der Waals surface area contributed by atoms with Crippen molar-refractivity contribution in [2.75, 3.05) is 18.5 Å². The van der Waals surface area contributed by atoms with Gasteiger partial charge in [0.2, 0.25) is 5.91 Å². The van der Waals surface area contributed by atoms with Crippen LogP contribution in [0.15, 0.2) is 65.5 Å². The number of para-hydroxylation sites is 2. The summed E-state index contributed by atoms with van der Waals surface area (Å²) in [6.07, 6.45) is 0.778. The van der Waals surface area contributed by atoms with E-state index in [4.69, 9.17) is 21.1 Å². The van der Waals surface area contributed by atoms with Crippen LogP contribution in [-0.4, -0.2) is 23.7 Å². The summed E-state index contributed by atoms with van der Waals surface area (Å²) in [5.41, 5.74) is 1.80. The molecule has 0 bridgehead atoms. The number of carbonyl (C=O) groups is 1. The van der Waals surface area contributed by atoms with Gasteiger partial charge in [-0.05, 0) is 24.3 Å². The maximum Gasteiger partial charge on any atom is 0.244 e. The summed E-state index contributed by atoms with van der Waals surface area (Å²) in [6, 6.07) is 17.9. The molecule has 1 aromatic heterocycles. The Balaban J connectivity index is 1.52. The van der Waals surface area contributed by atoms with E-state index in [1.165, 1.54) is 0 Å². The van der Waals surface area contributed by atoms with E-state index in [2.05, 4.69) is 5.32 Å². The van der Waals surface area contributed by atoms with E-state index in [1.807, 2.05) is 41.0 Å². The first-order valence-corrected chi connectivity index (χ1v) is 10.4. The number of amides is 1. The molecule has 6 nitrogen and oxygen atoms in total. The second-order valence-electron chi connectivity index (χ2n) is 7.33. The van der Waals surface area contributed by atoms with Crippen molar-refractivity contribution in [1.29, 1.82) is 0 Å². The summed E-state index contributed by atoms with van der Waals surface area (Å²) in [4.78, 5) is 25.9. The molecule has 1 amide bonds. The number of pyridine rings is 1. The van der Waals surface area contributed by atoms with Gasteiger partial charge in [-0.2, -0.15) is 0 Å². The Kier molecular flexibility index (Phi) is 5.00. The average Bonchev–Trinajstić information content (AvgIpc) is 3.02. The Hall–Kier alpha value is -3.51. The topological polar surface area (TPSA) is 69.6 Å². The van der Waals surface area contributed by atoms with Crippen LogP contribution in [0.5, 0.6) is 11.5 Å². The van der Waals surface area contributed by atoms with Gasteiger partial charge in [0.05, 0.1) is 35.0 Å². The Morgan fingerprint density at radius 3 is 2.16 bits per heavy atom. The van der Waals surface area contributed by atoms with Crippen molar-refractivity contribution >= 4 is 45.0 Å². The molecule has 5 rings (SSSR count). The van der Waals surface area contributed by atoms with Crippen molar-refractivity contribution in [2.24, 2.45) is 0 Å². The van der Waals surface area contributed by atoms with Crippen molar-refractivity contribution in [2.45, 2.75) is 13.0 Å². The fourth-order valence-electron chi connectivity index (χ4n) is 3.86. The molecular weight excluding hydrogens is 416 g/mol. The molecule has 1 N–H and O–H groups in total. The molecule has 0 fully saturated rings. The third-order valence-corrected chi connectivity index (χ3v) is 5.60. The number of benzene rings is 3. The number of halogens is 1. The number of ether oxygens (including phenoxy) is 2. The molecule has 0 atom stereocenters. The summed E-state index contributed by atoms with van der Waals surface area (Å²) in [5.74, 6) is 0.852. The lowest BCUT2D eigenvalue weighted by Crippen LogP contribution is -2.21. The van der Waals surface area contributed by atoms with Crippen LogP contribution in [0.3, 0.4) is 0 Å². The van der Waals surface area contributed by atoms with E-state index in [9.17, 15) is 9.59 Å². The quantitative estimate of drug-likeness (QED) is 0.478. The molecule has 1 aliphatic rings. The number of hydrogen-bond acceptors (Lipinski definition) is 4. The Bertz CT molecular complexity index is 1320. The van der Waals surface area contributed by atoms with Gasteiger partial charge >= 0.3 is 0 Å². The highest BCUT2D eigenvalue weighted by molar-refractivity contribution is 6.34. The van der Waals surface area contributed by atoms with Crippen LogP contribution in [0.2, 0.25) is 5.02 Å². The van der Waals surface area contributed by atoms with E-state index < -0.39 is 0 Å². The number of nitrogens with one attached hydrogen (secondary N) is 1. The summed E-state index contributed by atoms with van der Waals surface area (Å²) < 4.78 is 13.2. The summed E-state index contributed by atoms with van der Waals surface area (Å²) in [5, 5.41) is 4.38. The zero-order chi connectivity index (χ0) is 21.4. The van der Waals surface area contributed by atoms with Gasteiger partial charge in [-0.15, -0.1) is 0 Å². The molecule has 156 valence electrons. The molecule has 31 heavy (non-hydrogen) atoms. The van der Waals surface area contributed by atoms with Gasteiger partial charge in [-0.3, -0.25) is 9.59 Å². The van der Waals surface area contributed by atoms with Gasteiger partial charge in [0.25, 0.3) is 0 Å². The molecule has 0 aliphatic carbocycles. The highest BCUT2D eigenvalue weighted by Crippen LogP contribution is 2.37. The van der Waals surface area contributed by atoms with Crippen molar-refractivity contribution < 1.29 is 14.3 Å². The third-order valence-electron chi connectivity index (χ3n) is 5.29. The molecule has 3 aromatic carbocycles. The highest BCUT2D eigenvalue weighted by atomic mass is 35.5. The Morgan fingerprint density at radius 2 is 1.52 bits per heavy atom. The standard InChI is InChI=1S/C24H19ClN2O4/c25-17-12-21-22(31-11-5-10-30-21)13-18(17)26-23(28)14-27-19-8-3-1-6-15(19)24(29)16-7-2-4-9-20(16)27/h1-4,6-9,12-13H,5,10-11,14H2,(H,26,28). The highest BCUT2D eigenvalue weighted by Gasteiger charge is 2.17. The number of anilines is 1. The summed E-state index contributed by atoms with van der Waals surface area (Å²) in [6.45, 7) is 1.12. The predicted molar refractivity (Wildman–Crippen MR) is 121 cm³/mol. The second kappa shape index (κ2) is 7.96. The zero-order valence-electron chi connectivity index (χ0n) is 16.6. The van der Waals surface area contributed by atoms with Gasteiger partial charge in [0.15, 0.2) is 16.9 Å². The first-order valence-electron chi connectivity index (χ1n) is 10.0. The minimum atomic E-state index is -0.268. The third kappa shape index (κ3) is 3.59. The SMILES string of the molecule is O=C(Cn1c2ccccc2c(=O)c2ccccc21)Nc1cc2c(cc1Cl)OCCCO2. The lowest BCUT2D eigenvalue weighted by atomic mass is 10.1. The lowest BCUT2D eigenvalue weighted by molar-refractivity contribution is -0.116. The molecule has 1 aliphatic heterocycles. The number of nitrogens with zero attached hydrogens (tertiary/aromatic N) is 1. The predicted octanol–water partition coefficient (Wildman–Crippen LogP) is 4.61. The number of rotatable bonds is 3. The maximum absolute atomic E-state index is 13.0. The van der Waals surface area contributed by atoms with Crippen LogP contribution >= 0.6 is 11.6 Å². The maximum atomic E-state index is 13.0. The molecule has 0 unspecified atom stereocenters. The van der Waals surface area contributed by atoms with Crippen LogP contribution in [0.1, 0.15) is 6.42 Å². The van der Waals surface area contributed by atoms with Crippen molar-refractivity contribution in [3.8, 4) is 11.5 Å². The average molecular weight is 435 g/mol. The molecule has 2 heterocycles. The Morgan fingerprint density at radius 1 is 0.935 bits per heavy atom. The van der Waals surface area contributed by atoms with Gasteiger partial charge in [0.1, 0.15) is 6.54 Å². The number of fused-ring (bicyclic) bond motifs is 3. The minimum absolute atomic E-state index is 0.0199. The molecule has 4 aromatic rings. The Labute approximate surface area is 183 Å². The fourth-order valence-corrected chi connectivity index (χ4v) is 4.06. The monoisotopic (exact) mass is 434 g/mol. The van der Waals surface area contributed by atoms with Gasteiger partial charge in [-0.25, -0.2) is 0 Å². The second-order valence-corrected chi connectivity index (χ2v) is 7.73. The van der Waals surface area contributed by atoms with Crippen LogP contribution in [0, 0.1) is 0 Å². The number of hydrogen-bond donors (Lipinski definition) is 1. The van der Waals surface area contributed by atoms with Crippen molar-refractivity contribution in [3.05, 3.63) is 75.9 Å². The van der Waals surface area contributed by atoms with E-state index in [-0.39, 0.29) is 17.9 Å².